The lowest BCUT2D eigenvalue weighted by molar-refractivity contribution is -0.574. The fourth-order valence-electron chi connectivity index (χ4n) is 2.48. The summed E-state index contributed by atoms with van der Waals surface area (Å²) in [7, 11) is 1.66. The Kier molecular flexibility index (Phi) is 7.12. The number of carbonyl (C=O) groups is 1. The summed E-state index contributed by atoms with van der Waals surface area (Å²) >= 11 is 0. The third-order valence-corrected chi connectivity index (χ3v) is 3.93. The number of ether oxygens (including phenoxy) is 1. The van der Waals surface area contributed by atoms with Crippen molar-refractivity contribution in [2.45, 2.75) is 6.42 Å². The van der Waals surface area contributed by atoms with Crippen molar-refractivity contribution in [2.75, 3.05) is 7.11 Å². The Morgan fingerprint density at radius 1 is 0.885 bits per heavy atom. The van der Waals surface area contributed by atoms with Gasteiger partial charge in [-0.2, -0.15) is 0 Å². The summed E-state index contributed by atoms with van der Waals surface area (Å²) in [6.45, 7) is 0. The molecule has 4 heteroatoms. The van der Waals surface area contributed by atoms with Crippen molar-refractivity contribution in [3.8, 4) is 5.75 Å². The Hall–Kier alpha value is -2.91. The van der Waals surface area contributed by atoms with Crippen molar-refractivity contribution in [3.63, 3.8) is 0 Å². The molecule has 0 N–H and O–H groups in total. The largest absolute Gasteiger partial charge is 1.00 e. The van der Waals surface area contributed by atoms with Crippen LogP contribution in [0.3, 0.4) is 0 Å². The van der Waals surface area contributed by atoms with Gasteiger partial charge in [-0.25, -0.2) is 4.79 Å². The third-order valence-electron chi connectivity index (χ3n) is 3.93. The summed E-state index contributed by atoms with van der Waals surface area (Å²) in [5.41, 5.74) is 3.15. The number of nitrogens with zero attached hydrogens (tertiary/aromatic N) is 1. The Morgan fingerprint density at radius 2 is 1.46 bits per heavy atom. The van der Waals surface area contributed by atoms with Gasteiger partial charge < -0.3 is 17.1 Å². The van der Waals surface area contributed by atoms with Gasteiger partial charge in [0.15, 0.2) is 12.4 Å². The fraction of sp³-hybridized carbons (Fsp3) is 0.0909. The minimum absolute atomic E-state index is 0. The maximum atomic E-state index is 12.3. The predicted octanol–water partition coefficient (Wildman–Crippen LogP) is 1.04. The average molecular weight is 366 g/mol. The second-order valence-electron chi connectivity index (χ2n) is 5.70. The summed E-state index contributed by atoms with van der Waals surface area (Å²) in [5.74, 6) is 0.895. The first-order chi connectivity index (χ1) is 12.2. The molecular formula is C22H20ClNO2. The van der Waals surface area contributed by atoms with Crippen LogP contribution in [0, 0.1) is 0 Å². The van der Waals surface area contributed by atoms with E-state index in [9.17, 15) is 4.79 Å². The molecule has 0 bridgehead atoms. The number of benzene rings is 2. The first kappa shape index (κ1) is 19.4. The first-order valence-electron chi connectivity index (χ1n) is 8.15. The molecule has 1 aromatic heterocycles. The molecule has 132 valence electrons. The predicted molar refractivity (Wildman–Crippen MR) is 99.3 cm³/mol. The van der Waals surface area contributed by atoms with Crippen LogP contribution in [0.1, 0.15) is 21.5 Å². The molecule has 0 spiro atoms. The van der Waals surface area contributed by atoms with E-state index in [0.717, 1.165) is 22.4 Å². The van der Waals surface area contributed by atoms with E-state index in [1.165, 1.54) is 0 Å². The van der Waals surface area contributed by atoms with Gasteiger partial charge in [-0.15, -0.1) is 4.57 Å². The first-order valence-corrected chi connectivity index (χ1v) is 8.15. The topological polar surface area (TPSA) is 30.2 Å². The van der Waals surface area contributed by atoms with E-state index in [1.807, 2.05) is 78.9 Å². The highest BCUT2D eigenvalue weighted by atomic mass is 35.5. The molecule has 0 saturated heterocycles. The molecule has 3 nitrogen and oxygen atoms in total. The fourth-order valence-corrected chi connectivity index (χ4v) is 2.48. The molecule has 26 heavy (non-hydrogen) atoms. The smallest absolute Gasteiger partial charge is 0.396 e. The van der Waals surface area contributed by atoms with Gasteiger partial charge in [-0.1, -0.05) is 54.6 Å². The molecule has 2 aromatic carbocycles. The average Bonchev–Trinajstić information content (AvgIpc) is 2.68. The number of hydrogen-bond donors (Lipinski definition) is 0. The van der Waals surface area contributed by atoms with Crippen molar-refractivity contribution in [1.82, 2.24) is 0 Å². The number of pyridine rings is 1. The van der Waals surface area contributed by atoms with Crippen LogP contribution in [0.2, 0.25) is 0 Å². The van der Waals surface area contributed by atoms with Crippen LogP contribution in [0.15, 0.2) is 79.1 Å². The zero-order valence-corrected chi connectivity index (χ0v) is 15.3. The number of hydrogen-bond acceptors (Lipinski definition) is 2. The van der Waals surface area contributed by atoms with E-state index < -0.39 is 0 Å². The maximum Gasteiger partial charge on any atom is 0.396 e. The standard InChI is InChI=1S/C22H20NO2.ClH/c1-25-21-11-9-18(10-12-21)7-8-19-13-15-23(16-14-19)22(24)17-20-5-3-2-4-6-20;/h2-16H,17H2,1H3;1H/q+1;/p-1/b8-7+;. The van der Waals surface area contributed by atoms with E-state index >= 15 is 0 Å². The van der Waals surface area contributed by atoms with Gasteiger partial charge in [0.1, 0.15) is 5.75 Å². The molecular weight excluding hydrogens is 346 g/mol. The number of methoxy groups -OCH3 is 1. The monoisotopic (exact) mass is 365 g/mol. The SMILES string of the molecule is COc1ccc(/C=C/c2cc[n+](C(=O)Cc3ccccc3)cc2)cc1.[Cl-]. The molecule has 0 fully saturated rings. The summed E-state index contributed by atoms with van der Waals surface area (Å²) in [6.07, 6.45) is 8.06. The number of carbonyl (C=O) groups excluding carboxylic acids is 1. The Morgan fingerprint density at radius 3 is 2.04 bits per heavy atom. The number of rotatable bonds is 5. The zero-order valence-electron chi connectivity index (χ0n) is 14.5. The highest BCUT2D eigenvalue weighted by Crippen LogP contribution is 2.13. The van der Waals surface area contributed by atoms with Gasteiger partial charge in [0, 0.05) is 12.1 Å². The Labute approximate surface area is 160 Å². The van der Waals surface area contributed by atoms with Gasteiger partial charge in [0.05, 0.1) is 13.5 Å². The lowest BCUT2D eigenvalue weighted by atomic mass is 10.1. The lowest BCUT2D eigenvalue weighted by Gasteiger charge is -1.99. The second-order valence-corrected chi connectivity index (χ2v) is 5.70. The zero-order chi connectivity index (χ0) is 17.5. The quantitative estimate of drug-likeness (QED) is 0.632. The van der Waals surface area contributed by atoms with E-state index in [0.29, 0.717) is 6.42 Å². The molecule has 0 aliphatic carbocycles. The van der Waals surface area contributed by atoms with E-state index in [4.69, 9.17) is 4.74 Å². The molecule has 0 aliphatic rings. The lowest BCUT2D eigenvalue weighted by Crippen LogP contribution is -3.00. The van der Waals surface area contributed by atoms with E-state index in [1.54, 1.807) is 24.1 Å². The normalized spacial score (nSPS) is 10.3. The van der Waals surface area contributed by atoms with Crippen molar-refractivity contribution in [3.05, 3.63) is 95.8 Å². The van der Waals surface area contributed by atoms with Crippen molar-refractivity contribution >= 4 is 18.1 Å². The number of halogens is 1. The molecule has 0 atom stereocenters. The molecule has 1 heterocycles. The van der Waals surface area contributed by atoms with Crippen molar-refractivity contribution < 1.29 is 26.5 Å². The summed E-state index contributed by atoms with van der Waals surface area (Å²) in [5, 5.41) is 0. The number of aromatic nitrogens is 1. The van der Waals surface area contributed by atoms with Gasteiger partial charge in [0.25, 0.3) is 0 Å². The van der Waals surface area contributed by atoms with Crippen LogP contribution in [-0.2, 0) is 6.42 Å². The van der Waals surface area contributed by atoms with E-state index in [-0.39, 0.29) is 18.3 Å². The summed E-state index contributed by atoms with van der Waals surface area (Å²) < 4.78 is 6.77. The van der Waals surface area contributed by atoms with Gasteiger partial charge >= 0.3 is 5.91 Å². The second kappa shape index (κ2) is 9.54. The van der Waals surface area contributed by atoms with Crippen molar-refractivity contribution in [2.24, 2.45) is 0 Å². The summed E-state index contributed by atoms with van der Waals surface area (Å²) in [4.78, 5) is 12.3. The van der Waals surface area contributed by atoms with Crippen LogP contribution in [-0.4, -0.2) is 13.0 Å². The molecule has 0 saturated carbocycles. The molecule has 0 amide bonds. The molecule has 0 aliphatic heterocycles. The molecule has 3 aromatic rings. The highest BCUT2D eigenvalue weighted by molar-refractivity contribution is 5.71. The molecule has 0 radical (unpaired) electrons. The third kappa shape index (κ3) is 5.30. The van der Waals surface area contributed by atoms with Crippen LogP contribution >= 0.6 is 0 Å². The molecule has 3 rings (SSSR count). The van der Waals surface area contributed by atoms with Gasteiger partial charge in [-0.3, -0.25) is 0 Å². The van der Waals surface area contributed by atoms with E-state index in [2.05, 4.69) is 0 Å². The Balaban J connectivity index is 0.00000243. The molecule has 0 unspecified atom stereocenters. The van der Waals surface area contributed by atoms with Crippen molar-refractivity contribution in [1.29, 1.82) is 0 Å². The van der Waals surface area contributed by atoms with Crippen LogP contribution in [0.25, 0.3) is 12.2 Å². The van der Waals surface area contributed by atoms with Crippen LogP contribution in [0.4, 0.5) is 0 Å². The summed E-state index contributed by atoms with van der Waals surface area (Å²) in [6, 6.07) is 21.5. The van der Waals surface area contributed by atoms with Crippen LogP contribution in [0.5, 0.6) is 5.75 Å². The van der Waals surface area contributed by atoms with Crippen LogP contribution < -0.4 is 21.7 Å². The maximum absolute atomic E-state index is 12.3. The minimum atomic E-state index is 0. The van der Waals surface area contributed by atoms with Gasteiger partial charge in [0.2, 0.25) is 0 Å². The Bertz CT molecular complexity index is 857. The highest BCUT2D eigenvalue weighted by Gasteiger charge is 2.13. The van der Waals surface area contributed by atoms with Gasteiger partial charge in [-0.05, 0) is 28.8 Å². The minimum Gasteiger partial charge on any atom is -1.00 e.